The largest absolute Gasteiger partial charge is 0.289 e. The normalized spacial score (nSPS) is 7.71. The van der Waals surface area contributed by atoms with Crippen molar-refractivity contribution in [1.29, 1.82) is 0 Å². The lowest BCUT2D eigenvalue weighted by atomic mass is 10.3. The van der Waals surface area contributed by atoms with E-state index in [1.54, 1.807) is 6.92 Å². The number of carbonyl (C=O) groups is 1. The van der Waals surface area contributed by atoms with Gasteiger partial charge in [0.2, 0.25) is 0 Å². The van der Waals surface area contributed by atoms with Crippen molar-refractivity contribution >= 4 is 22.1 Å². The summed E-state index contributed by atoms with van der Waals surface area (Å²) in [6.45, 7) is 5.02. The van der Waals surface area contributed by atoms with Crippen LogP contribution in [0.4, 0.5) is 0 Å². The van der Waals surface area contributed by atoms with Crippen LogP contribution in [0.5, 0.6) is 0 Å². The Morgan fingerprint density at radius 2 is 2.29 bits per heavy atom. The zero-order valence-corrected chi connectivity index (χ0v) is 5.58. The van der Waals surface area contributed by atoms with Gasteiger partial charge in [-0.2, -0.15) is 0 Å². The number of halogens is 1. The molecule has 0 saturated carbocycles. The minimum absolute atomic E-state index is 0.181. The third-order valence-electron chi connectivity index (χ3n) is 0.473. The van der Waals surface area contributed by atoms with Crippen LogP contribution in [0, 0.1) is 0 Å². The van der Waals surface area contributed by atoms with Crippen LogP contribution in [0.3, 0.4) is 0 Å². The van der Waals surface area contributed by atoms with Crippen molar-refractivity contribution in [3.8, 4) is 0 Å². The summed E-state index contributed by atoms with van der Waals surface area (Å²) in [6.07, 6.45) is 0. The molecule has 0 rings (SSSR count). The van der Waals surface area contributed by atoms with E-state index < -0.39 is 0 Å². The lowest BCUT2D eigenvalue weighted by molar-refractivity contribution is -0.115. The molecule has 1 N–H and O–H groups in total. The maximum Gasteiger partial charge on any atom is 0.256 e. The highest BCUT2D eigenvalue weighted by molar-refractivity contribution is 9.08. The molecule has 1 amide bonds. The van der Waals surface area contributed by atoms with Gasteiger partial charge >= 0.3 is 0 Å². The van der Waals surface area contributed by atoms with Gasteiger partial charge in [0.15, 0.2) is 0 Å². The maximum absolute atomic E-state index is 10.3. The van der Waals surface area contributed by atoms with Crippen LogP contribution in [0.1, 0.15) is 6.92 Å². The fourth-order valence-electron chi connectivity index (χ4n) is 0.0807. The second-order valence-corrected chi connectivity index (χ2v) is 1.60. The van der Waals surface area contributed by atoms with Crippen LogP contribution < -0.4 is 4.34 Å². The predicted molar refractivity (Wildman–Crippen MR) is 31.9 cm³/mol. The molecule has 0 heterocycles. The summed E-state index contributed by atoms with van der Waals surface area (Å²) in [5.74, 6) is -0.181. The van der Waals surface area contributed by atoms with Gasteiger partial charge in [0.25, 0.3) is 5.91 Å². The Balaban J connectivity index is 3.58. The quantitative estimate of drug-likeness (QED) is 0.454. The van der Waals surface area contributed by atoms with E-state index in [-0.39, 0.29) is 5.91 Å². The van der Waals surface area contributed by atoms with Crippen molar-refractivity contribution in [3.05, 3.63) is 12.2 Å². The monoisotopic (exact) mass is 163 g/mol. The highest BCUT2D eigenvalue weighted by Gasteiger charge is 1.93. The summed E-state index contributed by atoms with van der Waals surface area (Å²) in [5.41, 5.74) is 0.497. The standard InChI is InChI=1S/C4H6BrNO/c1-3(2)4(7)6-5/h1H2,2H3,(H,6,7). The Morgan fingerprint density at radius 3 is 2.29 bits per heavy atom. The third-order valence-corrected chi connectivity index (χ3v) is 0.834. The van der Waals surface area contributed by atoms with Crippen molar-refractivity contribution in [2.75, 3.05) is 0 Å². The van der Waals surface area contributed by atoms with Gasteiger partial charge in [0.1, 0.15) is 0 Å². The fourth-order valence-corrected chi connectivity index (χ4v) is 0.419. The van der Waals surface area contributed by atoms with E-state index in [9.17, 15) is 4.79 Å². The van der Waals surface area contributed by atoms with Gasteiger partial charge in [-0.25, -0.2) is 0 Å². The van der Waals surface area contributed by atoms with Crippen LogP contribution >= 0.6 is 16.1 Å². The Morgan fingerprint density at radius 1 is 1.86 bits per heavy atom. The lowest BCUT2D eigenvalue weighted by Crippen LogP contribution is -2.11. The fraction of sp³-hybridized carbons (Fsp3) is 0.250. The van der Waals surface area contributed by atoms with E-state index in [4.69, 9.17) is 0 Å². The number of hydrogen-bond acceptors (Lipinski definition) is 1. The molecule has 0 aromatic rings. The van der Waals surface area contributed by atoms with Crippen LogP contribution in [-0.4, -0.2) is 5.91 Å². The van der Waals surface area contributed by atoms with E-state index in [0.29, 0.717) is 5.57 Å². The molecular weight excluding hydrogens is 158 g/mol. The third kappa shape index (κ3) is 2.39. The first-order valence-corrected chi connectivity index (χ1v) is 2.54. The molecule has 40 valence electrons. The first-order chi connectivity index (χ1) is 3.18. The molecule has 0 aliphatic rings. The molecule has 0 unspecified atom stereocenters. The molecule has 2 nitrogen and oxygen atoms in total. The van der Waals surface area contributed by atoms with Gasteiger partial charge < -0.3 is 0 Å². The predicted octanol–water partition coefficient (Wildman–Crippen LogP) is 0.989. The van der Waals surface area contributed by atoms with Crippen LogP contribution in [-0.2, 0) is 4.79 Å². The van der Waals surface area contributed by atoms with E-state index in [1.165, 1.54) is 0 Å². The summed E-state index contributed by atoms with van der Waals surface area (Å²) >= 11 is 2.75. The Labute approximate surface area is 50.9 Å². The molecule has 0 radical (unpaired) electrons. The number of hydrogen-bond donors (Lipinski definition) is 1. The first kappa shape index (κ1) is 6.69. The number of nitrogens with one attached hydrogen (secondary N) is 1. The van der Waals surface area contributed by atoms with Gasteiger partial charge in [-0.1, -0.05) is 6.58 Å². The van der Waals surface area contributed by atoms with Gasteiger partial charge in [-0.05, 0) is 6.92 Å². The second kappa shape index (κ2) is 2.80. The molecular formula is C4H6BrNO. The zero-order valence-electron chi connectivity index (χ0n) is 3.99. The number of rotatable bonds is 1. The highest BCUT2D eigenvalue weighted by atomic mass is 79.9. The van der Waals surface area contributed by atoms with Crippen molar-refractivity contribution in [3.63, 3.8) is 0 Å². The zero-order chi connectivity index (χ0) is 5.86. The Bertz CT molecular complexity index is 99.9. The minimum Gasteiger partial charge on any atom is -0.289 e. The molecule has 0 aromatic heterocycles. The topological polar surface area (TPSA) is 29.1 Å². The van der Waals surface area contributed by atoms with Crippen LogP contribution in [0.2, 0.25) is 0 Å². The average molecular weight is 164 g/mol. The molecule has 0 atom stereocenters. The van der Waals surface area contributed by atoms with Gasteiger partial charge in [0, 0.05) is 21.7 Å². The molecule has 0 saturated heterocycles. The van der Waals surface area contributed by atoms with Crippen molar-refractivity contribution < 1.29 is 4.79 Å². The van der Waals surface area contributed by atoms with E-state index >= 15 is 0 Å². The average Bonchev–Trinajstić information content (AvgIpc) is 1.65. The summed E-state index contributed by atoms with van der Waals surface area (Å²) in [5, 5.41) is 0. The summed E-state index contributed by atoms with van der Waals surface area (Å²) in [7, 11) is 0. The van der Waals surface area contributed by atoms with Crippen molar-refractivity contribution in [2.24, 2.45) is 0 Å². The number of amides is 1. The Hall–Kier alpha value is -0.310. The molecule has 0 aromatic carbocycles. The van der Waals surface area contributed by atoms with E-state index in [0.717, 1.165) is 0 Å². The summed E-state index contributed by atoms with van der Waals surface area (Å²) in [6, 6.07) is 0. The first-order valence-electron chi connectivity index (χ1n) is 1.75. The molecule has 3 heteroatoms. The molecule has 0 aliphatic heterocycles. The summed E-state index contributed by atoms with van der Waals surface area (Å²) in [4.78, 5) is 10.3. The van der Waals surface area contributed by atoms with Gasteiger partial charge in [0.05, 0.1) is 0 Å². The molecule has 0 aliphatic carbocycles. The maximum atomic E-state index is 10.3. The SMILES string of the molecule is C=C(C)C(=O)NBr. The van der Waals surface area contributed by atoms with Crippen molar-refractivity contribution in [2.45, 2.75) is 6.92 Å². The highest BCUT2D eigenvalue weighted by Crippen LogP contribution is 1.85. The Kier molecular flexibility index (Phi) is 2.67. The molecule has 0 fully saturated rings. The number of carbonyl (C=O) groups excluding carboxylic acids is 1. The molecule has 0 bridgehead atoms. The molecule has 7 heavy (non-hydrogen) atoms. The summed E-state index contributed by atoms with van der Waals surface area (Å²) < 4.78 is 2.24. The van der Waals surface area contributed by atoms with Crippen molar-refractivity contribution in [1.82, 2.24) is 4.34 Å². The smallest absolute Gasteiger partial charge is 0.256 e. The lowest BCUT2D eigenvalue weighted by Gasteiger charge is -1.89. The minimum atomic E-state index is -0.181. The second-order valence-electron chi connectivity index (χ2n) is 1.20. The van der Waals surface area contributed by atoms with Gasteiger partial charge in [-0.3, -0.25) is 9.14 Å². The van der Waals surface area contributed by atoms with Crippen LogP contribution in [0.25, 0.3) is 0 Å². The van der Waals surface area contributed by atoms with Gasteiger partial charge in [-0.15, -0.1) is 0 Å². The van der Waals surface area contributed by atoms with E-state index in [2.05, 4.69) is 27.1 Å². The van der Waals surface area contributed by atoms with E-state index in [1.807, 2.05) is 0 Å². The molecule has 0 spiro atoms. The van der Waals surface area contributed by atoms with Crippen LogP contribution in [0.15, 0.2) is 12.2 Å².